The van der Waals surface area contributed by atoms with Crippen molar-refractivity contribution in [3.05, 3.63) is 69.7 Å². The second kappa shape index (κ2) is 8.40. The molecule has 6 heteroatoms. The molecule has 0 aliphatic carbocycles. The molecule has 1 heterocycles. The molecule has 2 aromatic carbocycles. The highest BCUT2D eigenvalue weighted by Gasteiger charge is 2.36. The maximum atomic E-state index is 10.9. The highest BCUT2D eigenvalue weighted by atomic mass is 35.5. The van der Waals surface area contributed by atoms with Gasteiger partial charge in [-0.05, 0) is 36.1 Å². The first-order valence-corrected chi connectivity index (χ1v) is 8.65. The first-order valence-electron chi connectivity index (χ1n) is 7.90. The van der Waals surface area contributed by atoms with Gasteiger partial charge in [0.25, 0.3) is 0 Å². The first kappa shape index (κ1) is 20.0. The van der Waals surface area contributed by atoms with E-state index in [-0.39, 0.29) is 18.4 Å². The summed E-state index contributed by atoms with van der Waals surface area (Å²) in [4.78, 5) is 2.08. The zero-order chi connectivity index (χ0) is 17.2. The molecule has 2 aromatic rings. The van der Waals surface area contributed by atoms with Crippen molar-refractivity contribution in [2.24, 2.45) is 0 Å². The van der Waals surface area contributed by atoms with Crippen molar-refractivity contribution in [1.29, 1.82) is 5.26 Å². The quantitative estimate of drug-likeness (QED) is 0.796. The van der Waals surface area contributed by atoms with E-state index in [1.807, 2.05) is 36.4 Å². The van der Waals surface area contributed by atoms with Crippen LogP contribution in [-0.4, -0.2) is 23.1 Å². The standard InChI is InChI=1S/C19H18Cl2N2O.ClH/c20-16-7-6-14(12-17(16)21)18(13-22)23-10-8-19(24,9-11-23)15-4-2-1-3-5-15;/h1-7,12,18,24H,8-11H2;1H. The van der Waals surface area contributed by atoms with Crippen LogP contribution in [0, 0.1) is 11.3 Å². The molecule has 1 aliphatic rings. The second-order valence-electron chi connectivity index (χ2n) is 6.14. The smallest absolute Gasteiger partial charge is 0.123 e. The van der Waals surface area contributed by atoms with Crippen LogP contribution in [0.4, 0.5) is 0 Å². The molecule has 1 N–H and O–H groups in total. The Labute approximate surface area is 164 Å². The molecule has 1 saturated heterocycles. The summed E-state index contributed by atoms with van der Waals surface area (Å²) in [5.74, 6) is 0. The maximum Gasteiger partial charge on any atom is 0.123 e. The van der Waals surface area contributed by atoms with Crippen molar-refractivity contribution in [3.8, 4) is 6.07 Å². The van der Waals surface area contributed by atoms with Crippen molar-refractivity contribution in [2.75, 3.05) is 13.1 Å². The molecule has 3 nitrogen and oxygen atoms in total. The molecule has 1 atom stereocenters. The summed E-state index contributed by atoms with van der Waals surface area (Å²) in [5.41, 5.74) is 0.944. The molecule has 1 fully saturated rings. The second-order valence-corrected chi connectivity index (χ2v) is 6.95. The maximum absolute atomic E-state index is 10.9. The lowest BCUT2D eigenvalue weighted by Gasteiger charge is -2.40. The van der Waals surface area contributed by atoms with E-state index in [2.05, 4.69) is 11.0 Å². The fourth-order valence-corrected chi connectivity index (χ4v) is 3.55. The number of aliphatic hydroxyl groups is 1. The Morgan fingerprint density at radius 3 is 2.24 bits per heavy atom. The van der Waals surface area contributed by atoms with Crippen LogP contribution in [-0.2, 0) is 5.60 Å². The molecule has 1 unspecified atom stereocenters. The number of piperidine rings is 1. The third-order valence-corrected chi connectivity index (χ3v) is 5.42. The Balaban J connectivity index is 0.00000225. The summed E-state index contributed by atoms with van der Waals surface area (Å²) in [7, 11) is 0. The van der Waals surface area contributed by atoms with Crippen molar-refractivity contribution in [3.63, 3.8) is 0 Å². The van der Waals surface area contributed by atoms with Crippen molar-refractivity contribution < 1.29 is 5.11 Å². The molecule has 0 bridgehead atoms. The first-order chi connectivity index (χ1) is 11.5. The molecule has 25 heavy (non-hydrogen) atoms. The number of hydrogen-bond donors (Lipinski definition) is 1. The minimum absolute atomic E-state index is 0. The Bertz CT molecular complexity index is 753. The molecule has 0 saturated carbocycles. The van der Waals surface area contributed by atoms with Gasteiger partial charge in [0.05, 0.1) is 21.7 Å². The highest BCUT2D eigenvalue weighted by Crippen LogP contribution is 2.36. The summed E-state index contributed by atoms with van der Waals surface area (Å²) in [6.07, 6.45) is 1.19. The number of halogens is 3. The number of nitrogens with zero attached hydrogens (tertiary/aromatic N) is 2. The summed E-state index contributed by atoms with van der Waals surface area (Å²) < 4.78 is 0. The van der Waals surface area contributed by atoms with Gasteiger partial charge < -0.3 is 5.11 Å². The summed E-state index contributed by atoms with van der Waals surface area (Å²) in [6.45, 7) is 1.29. The number of likely N-dealkylation sites (tertiary alicyclic amines) is 1. The number of benzene rings is 2. The van der Waals surface area contributed by atoms with Gasteiger partial charge in [0.1, 0.15) is 6.04 Å². The van der Waals surface area contributed by atoms with Crippen molar-refractivity contribution in [1.82, 2.24) is 4.90 Å². The van der Waals surface area contributed by atoms with Crippen LogP contribution in [0.5, 0.6) is 0 Å². The Kier molecular flexibility index (Phi) is 6.73. The van der Waals surface area contributed by atoms with Crippen molar-refractivity contribution in [2.45, 2.75) is 24.5 Å². The SMILES string of the molecule is Cl.N#CC(c1ccc(Cl)c(Cl)c1)N1CCC(O)(c2ccccc2)CC1. The summed E-state index contributed by atoms with van der Waals surface area (Å²) in [6, 6.07) is 17.0. The number of rotatable bonds is 3. The van der Waals surface area contributed by atoms with Gasteiger partial charge in [-0.2, -0.15) is 5.26 Å². The van der Waals surface area contributed by atoms with Gasteiger partial charge in [0.2, 0.25) is 0 Å². The van der Waals surface area contributed by atoms with E-state index in [0.717, 1.165) is 11.1 Å². The van der Waals surface area contributed by atoms with E-state index in [1.54, 1.807) is 12.1 Å². The fourth-order valence-electron chi connectivity index (χ4n) is 3.24. The Morgan fingerprint density at radius 2 is 1.68 bits per heavy atom. The van der Waals surface area contributed by atoms with E-state index in [4.69, 9.17) is 23.2 Å². The molecule has 0 radical (unpaired) electrons. The minimum Gasteiger partial charge on any atom is -0.385 e. The van der Waals surface area contributed by atoms with E-state index in [9.17, 15) is 10.4 Å². The van der Waals surface area contributed by atoms with Gasteiger partial charge in [-0.1, -0.05) is 59.6 Å². The van der Waals surface area contributed by atoms with E-state index in [1.165, 1.54) is 0 Å². The van der Waals surface area contributed by atoms with Crippen LogP contribution < -0.4 is 0 Å². The lowest BCUT2D eigenvalue weighted by Crippen LogP contribution is -2.43. The van der Waals surface area contributed by atoms with Crippen LogP contribution in [0.1, 0.15) is 30.0 Å². The van der Waals surface area contributed by atoms with Crippen LogP contribution >= 0.6 is 35.6 Å². The third-order valence-electron chi connectivity index (χ3n) is 4.68. The zero-order valence-corrected chi connectivity index (χ0v) is 15.9. The molecule has 1 aliphatic heterocycles. The monoisotopic (exact) mass is 396 g/mol. The molecular formula is C19H19Cl3N2O. The molecule has 3 rings (SSSR count). The molecular weight excluding hydrogens is 379 g/mol. The number of nitriles is 1. The van der Waals surface area contributed by atoms with Gasteiger partial charge in [0.15, 0.2) is 0 Å². The normalized spacial score (nSPS) is 18.0. The predicted octanol–water partition coefficient (Wildman–Crippen LogP) is 4.96. The Hall–Kier alpha value is -1.28. The van der Waals surface area contributed by atoms with Gasteiger partial charge in [-0.25, -0.2) is 0 Å². The number of hydrogen-bond acceptors (Lipinski definition) is 3. The van der Waals surface area contributed by atoms with E-state index >= 15 is 0 Å². The lowest BCUT2D eigenvalue weighted by molar-refractivity contribution is -0.0312. The van der Waals surface area contributed by atoms with Crippen LogP contribution in [0.2, 0.25) is 10.0 Å². The summed E-state index contributed by atoms with van der Waals surface area (Å²) >= 11 is 12.0. The topological polar surface area (TPSA) is 47.3 Å². The van der Waals surface area contributed by atoms with Gasteiger partial charge >= 0.3 is 0 Å². The average Bonchev–Trinajstić information content (AvgIpc) is 2.61. The van der Waals surface area contributed by atoms with Crippen molar-refractivity contribution >= 4 is 35.6 Å². The van der Waals surface area contributed by atoms with Gasteiger partial charge in [-0.3, -0.25) is 4.90 Å². The van der Waals surface area contributed by atoms with E-state index < -0.39 is 5.60 Å². The third kappa shape index (κ3) is 4.28. The van der Waals surface area contributed by atoms with E-state index in [0.29, 0.717) is 36.0 Å². The van der Waals surface area contributed by atoms with Crippen LogP contribution in [0.15, 0.2) is 48.5 Å². The minimum atomic E-state index is -0.824. The zero-order valence-electron chi connectivity index (χ0n) is 13.5. The molecule has 132 valence electrons. The van der Waals surface area contributed by atoms with Crippen LogP contribution in [0.3, 0.4) is 0 Å². The fraction of sp³-hybridized carbons (Fsp3) is 0.316. The molecule has 0 aromatic heterocycles. The van der Waals surface area contributed by atoms with Crippen LogP contribution in [0.25, 0.3) is 0 Å². The molecule has 0 spiro atoms. The highest BCUT2D eigenvalue weighted by molar-refractivity contribution is 6.42. The largest absolute Gasteiger partial charge is 0.385 e. The summed E-state index contributed by atoms with van der Waals surface area (Å²) in [5, 5.41) is 21.5. The Morgan fingerprint density at radius 1 is 1.04 bits per heavy atom. The lowest BCUT2D eigenvalue weighted by atomic mass is 9.84. The van der Waals surface area contributed by atoms with Gasteiger partial charge in [0, 0.05) is 13.1 Å². The molecule has 0 amide bonds. The average molecular weight is 398 g/mol. The predicted molar refractivity (Wildman–Crippen MR) is 103 cm³/mol. The van der Waals surface area contributed by atoms with Gasteiger partial charge in [-0.15, -0.1) is 12.4 Å².